The van der Waals surface area contributed by atoms with E-state index in [4.69, 9.17) is 5.11 Å². The van der Waals surface area contributed by atoms with Crippen molar-refractivity contribution in [3.05, 3.63) is 0 Å². The van der Waals surface area contributed by atoms with Crippen LogP contribution in [0.3, 0.4) is 0 Å². The van der Waals surface area contributed by atoms with Gasteiger partial charge in [-0.15, -0.1) is 0 Å². The van der Waals surface area contributed by atoms with Gasteiger partial charge >= 0.3 is 5.97 Å². The van der Waals surface area contributed by atoms with Crippen LogP contribution in [-0.4, -0.2) is 34.5 Å². The van der Waals surface area contributed by atoms with Gasteiger partial charge in [0.1, 0.15) is 0 Å². The minimum Gasteiger partial charge on any atom is -0.481 e. The minimum atomic E-state index is -0.760. The molecule has 1 saturated heterocycles. The lowest BCUT2D eigenvalue weighted by atomic mass is 9.76. The van der Waals surface area contributed by atoms with E-state index in [9.17, 15) is 9.59 Å². The predicted molar refractivity (Wildman–Crippen MR) is 68.0 cm³/mol. The highest BCUT2D eigenvalue weighted by molar-refractivity contribution is 5.80. The second kappa shape index (κ2) is 5.29. The summed E-state index contributed by atoms with van der Waals surface area (Å²) in [6, 6.07) is 0.253. The fourth-order valence-corrected chi connectivity index (χ4v) is 3.39. The fraction of sp³-hybridized carbons (Fsp3) is 0.857. The van der Waals surface area contributed by atoms with Crippen molar-refractivity contribution in [1.29, 1.82) is 0 Å². The van der Waals surface area contributed by atoms with E-state index in [1.165, 1.54) is 6.42 Å². The lowest BCUT2D eigenvalue weighted by Gasteiger charge is -2.44. The predicted octanol–water partition coefficient (Wildman–Crippen LogP) is 2.13. The Balaban J connectivity index is 2.09. The molecule has 4 heteroatoms. The Morgan fingerprint density at radius 1 is 1.28 bits per heavy atom. The second-order valence-electron chi connectivity index (χ2n) is 5.95. The van der Waals surface area contributed by atoms with Gasteiger partial charge in [0.15, 0.2) is 0 Å². The number of nitrogens with zero attached hydrogens (tertiary/aromatic N) is 1. The summed E-state index contributed by atoms with van der Waals surface area (Å²) in [5.74, 6) is 0.131. The molecule has 4 atom stereocenters. The van der Waals surface area contributed by atoms with Gasteiger partial charge in [-0.3, -0.25) is 9.59 Å². The van der Waals surface area contributed by atoms with Crippen molar-refractivity contribution in [2.24, 2.45) is 17.8 Å². The summed E-state index contributed by atoms with van der Waals surface area (Å²) in [7, 11) is 0. The van der Waals surface area contributed by atoms with Gasteiger partial charge in [0.25, 0.3) is 0 Å². The van der Waals surface area contributed by atoms with Crippen LogP contribution in [0.5, 0.6) is 0 Å². The van der Waals surface area contributed by atoms with Gasteiger partial charge in [-0.05, 0) is 24.7 Å². The van der Waals surface area contributed by atoms with E-state index in [-0.39, 0.29) is 17.9 Å². The molecule has 0 aromatic carbocycles. The van der Waals surface area contributed by atoms with E-state index < -0.39 is 5.97 Å². The van der Waals surface area contributed by atoms with Crippen LogP contribution in [0, 0.1) is 17.8 Å². The molecule has 102 valence electrons. The van der Waals surface area contributed by atoms with Gasteiger partial charge in [0.2, 0.25) is 5.91 Å². The van der Waals surface area contributed by atoms with E-state index in [0.29, 0.717) is 31.2 Å². The third-order valence-electron chi connectivity index (χ3n) is 4.86. The summed E-state index contributed by atoms with van der Waals surface area (Å²) in [6.07, 6.45) is 4.30. The first-order valence-corrected chi connectivity index (χ1v) is 7.03. The molecule has 18 heavy (non-hydrogen) atoms. The fourth-order valence-electron chi connectivity index (χ4n) is 3.39. The van der Waals surface area contributed by atoms with Crippen molar-refractivity contribution >= 4 is 11.9 Å². The number of carboxylic acid groups (broad SMARTS) is 1. The Labute approximate surface area is 108 Å². The standard InChI is InChI=1S/C14H23NO3/c1-9-4-3-5-12(10(9)2)15-8-11(14(17)18)6-7-13(15)16/h9-12H,3-8H2,1-2H3,(H,17,18). The maximum atomic E-state index is 12.0. The third-order valence-corrected chi connectivity index (χ3v) is 4.86. The van der Waals surface area contributed by atoms with Crippen LogP contribution >= 0.6 is 0 Å². The molecule has 2 fully saturated rings. The zero-order valence-electron chi connectivity index (χ0n) is 11.3. The summed E-state index contributed by atoms with van der Waals surface area (Å²) < 4.78 is 0. The molecule has 0 spiro atoms. The Morgan fingerprint density at radius 3 is 2.67 bits per heavy atom. The molecule has 0 aromatic rings. The molecule has 4 nitrogen and oxygen atoms in total. The van der Waals surface area contributed by atoms with Crippen molar-refractivity contribution < 1.29 is 14.7 Å². The Kier molecular flexibility index (Phi) is 3.93. The van der Waals surface area contributed by atoms with Crippen molar-refractivity contribution in [3.63, 3.8) is 0 Å². The van der Waals surface area contributed by atoms with Crippen LogP contribution in [0.1, 0.15) is 46.0 Å². The van der Waals surface area contributed by atoms with Crippen LogP contribution in [0.4, 0.5) is 0 Å². The quantitative estimate of drug-likeness (QED) is 0.820. The summed E-state index contributed by atoms with van der Waals surface area (Å²) in [5.41, 5.74) is 0. The summed E-state index contributed by atoms with van der Waals surface area (Å²) in [6.45, 7) is 4.85. The highest BCUT2D eigenvalue weighted by Gasteiger charge is 2.38. The zero-order chi connectivity index (χ0) is 13.3. The molecular formula is C14H23NO3. The molecule has 0 aromatic heterocycles. The van der Waals surface area contributed by atoms with Crippen molar-refractivity contribution in [2.45, 2.75) is 52.0 Å². The molecule has 2 aliphatic rings. The number of hydrogen-bond acceptors (Lipinski definition) is 2. The molecule has 1 amide bonds. The molecule has 1 N–H and O–H groups in total. The molecule has 1 saturated carbocycles. The number of carbonyl (C=O) groups is 2. The SMILES string of the molecule is CC1CCCC(N2CC(C(=O)O)CCC2=O)C1C. The lowest BCUT2D eigenvalue weighted by Crippen LogP contribution is -2.52. The normalized spacial score (nSPS) is 37.7. The van der Waals surface area contributed by atoms with Crippen LogP contribution in [-0.2, 0) is 9.59 Å². The summed E-state index contributed by atoms with van der Waals surface area (Å²) in [4.78, 5) is 25.0. The molecule has 2 rings (SSSR count). The van der Waals surface area contributed by atoms with E-state index in [2.05, 4.69) is 13.8 Å². The Morgan fingerprint density at radius 2 is 2.00 bits per heavy atom. The number of piperidine rings is 1. The Bertz CT molecular complexity index is 342. The number of amides is 1. The topological polar surface area (TPSA) is 57.6 Å². The first-order valence-electron chi connectivity index (χ1n) is 7.03. The van der Waals surface area contributed by atoms with Crippen LogP contribution in [0.25, 0.3) is 0 Å². The highest BCUT2D eigenvalue weighted by Crippen LogP contribution is 2.35. The minimum absolute atomic E-state index is 0.151. The van der Waals surface area contributed by atoms with Gasteiger partial charge in [-0.1, -0.05) is 26.7 Å². The summed E-state index contributed by atoms with van der Waals surface area (Å²) >= 11 is 0. The number of carboxylic acids is 1. The van der Waals surface area contributed by atoms with Gasteiger partial charge in [-0.25, -0.2) is 0 Å². The van der Waals surface area contributed by atoms with Gasteiger partial charge in [-0.2, -0.15) is 0 Å². The molecule has 0 radical (unpaired) electrons. The number of carbonyl (C=O) groups excluding carboxylic acids is 1. The molecule has 1 aliphatic heterocycles. The van der Waals surface area contributed by atoms with Crippen molar-refractivity contribution in [3.8, 4) is 0 Å². The molecular weight excluding hydrogens is 230 g/mol. The van der Waals surface area contributed by atoms with Gasteiger partial charge < -0.3 is 10.0 Å². The molecule has 1 aliphatic carbocycles. The largest absolute Gasteiger partial charge is 0.481 e. The maximum absolute atomic E-state index is 12.0. The zero-order valence-corrected chi connectivity index (χ0v) is 11.3. The lowest BCUT2D eigenvalue weighted by molar-refractivity contribution is -0.150. The van der Waals surface area contributed by atoms with E-state index >= 15 is 0 Å². The summed E-state index contributed by atoms with van der Waals surface area (Å²) in [5, 5.41) is 9.12. The first-order chi connectivity index (χ1) is 8.50. The van der Waals surface area contributed by atoms with Crippen LogP contribution in [0.15, 0.2) is 0 Å². The highest BCUT2D eigenvalue weighted by atomic mass is 16.4. The molecule has 4 unspecified atom stereocenters. The number of rotatable bonds is 2. The molecule has 1 heterocycles. The first kappa shape index (κ1) is 13.4. The van der Waals surface area contributed by atoms with Crippen LogP contribution < -0.4 is 0 Å². The van der Waals surface area contributed by atoms with Gasteiger partial charge in [0, 0.05) is 19.0 Å². The molecule has 0 bridgehead atoms. The average Bonchev–Trinajstić information content (AvgIpc) is 2.33. The number of likely N-dealkylation sites (tertiary alicyclic amines) is 1. The van der Waals surface area contributed by atoms with E-state index in [0.717, 1.165) is 12.8 Å². The van der Waals surface area contributed by atoms with Crippen LogP contribution in [0.2, 0.25) is 0 Å². The third kappa shape index (κ3) is 2.52. The smallest absolute Gasteiger partial charge is 0.308 e. The number of hydrogen-bond donors (Lipinski definition) is 1. The van der Waals surface area contributed by atoms with Crippen molar-refractivity contribution in [1.82, 2.24) is 4.90 Å². The maximum Gasteiger partial charge on any atom is 0.308 e. The van der Waals surface area contributed by atoms with E-state index in [1.54, 1.807) is 0 Å². The second-order valence-corrected chi connectivity index (χ2v) is 5.95. The monoisotopic (exact) mass is 253 g/mol. The average molecular weight is 253 g/mol. The van der Waals surface area contributed by atoms with Gasteiger partial charge in [0.05, 0.1) is 5.92 Å². The number of aliphatic carboxylic acids is 1. The Hall–Kier alpha value is -1.06. The van der Waals surface area contributed by atoms with Crippen molar-refractivity contribution in [2.75, 3.05) is 6.54 Å². The van der Waals surface area contributed by atoms with E-state index in [1.807, 2.05) is 4.90 Å².